The first-order chi connectivity index (χ1) is 7.63. The van der Waals surface area contributed by atoms with Crippen molar-refractivity contribution in [3.05, 3.63) is 40.9 Å². The van der Waals surface area contributed by atoms with Gasteiger partial charge in [0.15, 0.2) is 0 Å². The van der Waals surface area contributed by atoms with Gasteiger partial charge in [0.2, 0.25) is 0 Å². The van der Waals surface area contributed by atoms with Crippen molar-refractivity contribution in [1.82, 2.24) is 5.32 Å². The zero-order valence-electron chi connectivity index (χ0n) is 9.79. The lowest BCUT2D eigenvalue weighted by Gasteiger charge is -2.17. The number of hydrogen-bond acceptors (Lipinski definition) is 2. The number of nitrogens with one attached hydrogen (secondary N) is 1. The first-order valence-electron chi connectivity index (χ1n) is 5.40. The Hall–Kier alpha value is -0.250. The van der Waals surface area contributed by atoms with E-state index in [0.29, 0.717) is 6.04 Å². The summed E-state index contributed by atoms with van der Waals surface area (Å²) in [5.74, 6) is 1.03. The number of thioether (sulfide) groups is 1. The van der Waals surface area contributed by atoms with Crippen LogP contribution in [0.15, 0.2) is 45.8 Å². The molecule has 0 heterocycles. The summed E-state index contributed by atoms with van der Waals surface area (Å²) in [6, 6.07) is 8.82. The van der Waals surface area contributed by atoms with Crippen molar-refractivity contribution in [2.45, 2.75) is 24.8 Å². The van der Waals surface area contributed by atoms with Crippen molar-refractivity contribution in [2.75, 3.05) is 12.3 Å². The topological polar surface area (TPSA) is 12.0 Å². The molecule has 1 aromatic rings. The summed E-state index contributed by atoms with van der Waals surface area (Å²) in [7, 11) is 0. The molecule has 0 saturated carbocycles. The zero-order chi connectivity index (χ0) is 12.0. The first-order valence-corrected chi connectivity index (χ1v) is 7.18. The molecule has 0 amide bonds. The monoisotopic (exact) mass is 299 g/mol. The van der Waals surface area contributed by atoms with Crippen molar-refractivity contribution in [3.8, 4) is 0 Å². The predicted octanol–water partition coefficient (Wildman–Crippen LogP) is 4.10. The third-order valence-electron chi connectivity index (χ3n) is 2.28. The Kier molecular flexibility index (Phi) is 6.17. The molecule has 0 bridgehead atoms. The van der Waals surface area contributed by atoms with Gasteiger partial charge < -0.3 is 5.32 Å². The molecule has 1 nitrogen and oxygen atoms in total. The van der Waals surface area contributed by atoms with E-state index in [9.17, 15) is 0 Å². The van der Waals surface area contributed by atoms with Crippen LogP contribution in [0.4, 0.5) is 0 Å². The van der Waals surface area contributed by atoms with E-state index >= 15 is 0 Å². The number of likely N-dealkylation sites (N-methyl/N-ethyl adjacent to an activating group) is 1. The van der Waals surface area contributed by atoms with Gasteiger partial charge in [0, 0.05) is 21.2 Å². The Labute approximate surface area is 111 Å². The molecule has 3 heteroatoms. The van der Waals surface area contributed by atoms with Crippen molar-refractivity contribution < 1.29 is 0 Å². The van der Waals surface area contributed by atoms with E-state index in [1.54, 1.807) is 0 Å². The fraction of sp³-hybridized carbons (Fsp3) is 0.385. The number of hydrogen-bond donors (Lipinski definition) is 1. The zero-order valence-corrected chi connectivity index (χ0v) is 12.2. The van der Waals surface area contributed by atoms with E-state index in [1.165, 1.54) is 10.5 Å². The van der Waals surface area contributed by atoms with Gasteiger partial charge in [-0.15, -0.1) is 11.8 Å². The molecule has 1 rings (SSSR count). The van der Waals surface area contributed by atoms with Crippen LogP contribution in [-0.2, 0) is 0 Å². The minimum absolute atomic E-state index is 0.402. The molecule has 16 heavy (non-hydrogen) atoms. The smallest absolute Gasteiger partial charge is 0.0368 e. The summed E-state index contributed by atoms with van der Waals surface area (Å²) in [4.78, 5) is 1.30. The SMILES string of the molecule is C=C(C)C(CSc1ccc(Br)cc1)NCC. The molecule has 0 aliphatic rings. The highest BCUT2D eigenvalue weighted by atomic mass is 79.9. The summed E-state index contributed by atoms with van der Waals surface area (Å²) >= 11 is 5.30. The van der Waals surface area contributed by atoms with Crippen LogP contribution in [-0.4, -0.2) is 18.3 Å². The number of rotatable bonds is 6. The molecule has 1 atom stereocenters. The van der Waals surface area contributed by atoms with Crippen LogP contribution in [0.1, 0.15) is 13.8 Å². The summed E-state index contributed by atoms with van der Waals surface area (Å²) in [6.07, 6.45) is 0. The highest BCUT2D eigenvalue weighted by Gasteiger charge is 2.07. The molecule has 1 aromatic carbocycles. The molecule has 0 aliphatic heterocycles. The van der Waals surface area contributed by atoms with Crippen molar-refractivity contribution in [3.63, 3.8) is 0 Å². The van der Waals surface area contributed by atoms with Gasteiger partial charge in [-0.2, -0.15) is 0 Å². The molecule has 88 valence electrons. The summed E-state index contributed by atoms with van der Waals surface area (Å²) in [5.41, 5.74) is 1.20. The van der Waals surface area contributed by atoms with Gasteiger partial charge in [0.05, 0.1) is 0 Å². The third kappa shape index (κ3) is 4.73. The minimum Gasteiger partial charge on any atom is -0.310 e. The van der Waals surface area contributed by atoms with Gasteiger partial charge in [0.1, 0.15) is 0 Å². The fourth-order valence-corrected chi connectivity index (χ4v) is 2.69. The van der Waals surface area contributed by atoms with Crippen molar-refractivity contribution in [1.29, 1.82) is 0 Å². The lowest BCUT2D eigenvalue weighted by atomic mass is 10.2. The maximum absolute atomic E-state index is 4.02. The van der Waals surface area contributed by atoms with Crippen LogP contribution in [0, 0.1) is 0 Å². The van der Waals surface area contributed by atoms with E-state index in [-0.39, 0.29) is 0 Å². The lowest BCUT2D eigenvalue weighted by Crippen LogP contribution is -2.31. The summed E-state index contributed by atoms with van der Waals surface area (Å²) in [6.45, 7) is 9.21. The largest absolute Gasteiger partial charge is 0.310 e. The van der Waals surface area contributed by atoms with Crippen molar-refractivity contribution in [2.24, 2.45) is 0 Å². The Balaban J connectivity index is 2.48. The van der Waals surface area contributed by atoms with Gasteiger partial charge in [0.25, 0.3) is 0 Å². The maximum atomic E-state index is 4.02. The first kappa shape index (κ1) is 13.8. The summed E-state index contributed by atoms with van der Waals surface area (Å²) < 4.78 is 1.12. The molecule has 1 N–H and O–H groups in total. The van der Waals surface area contributed by atoms with Crippen LogP contribution >= 0.6 is 27.7 Å². The van der Waals surface area contributed by atoms with Gasteiger partial charge in [-0.05, 0) is 37.7 Å². The molecule has 0 fully saturated rings. The second-order valence-corrected chi connectivity index (χ2v) is 5.73. The Morgan fingerprint density at radius 3 is 2.56 bits per heavy atom. The average molecular weight is 300 g/mol. The molecule has 0 aliphatic carbocycles. The predicted molar refractivity (Wildman–Crippen MR) is 77.1 cm³/mol. The van der Waals surface area contributed by atoms with Crippen LogP contribution in [0.3, 0.4) is 0 Å². The van der Waals surface area contributed by atoms with Gasteiger partial charge in [-0.1, -0.05) is 35.0 Å². The van der Waals surface area contributed by atoms with Crippen LogP contribution in [0.2, 0.25) is 0 Å². The van der Waals surface area contributed by atoms with E-state index in [0.717, 1.165) is 16.8 Å². The third-order valence-corrected chi connectivity index (χ3v) is 3.91. The van der Waals surface area contributed by atoms with Crippen LogP contribution < -0.4 is 5.32 Å². The van der Waals surface area contributed by atoms with Crippen LogP contribution in [0.25, 0.3) is 0 Å². The van der Waals surface area contributed by atoms with Gasteiger partial charge in [-0.3, -0.25) is 0 Å². The quantitative estimate of drug-likeness (QED) is 0.627. The maximum Gasteiger partial charge on any atom is 0.0368 e. The Morgan fingerprint density at radius 2 is 2.06 bits per heavy atom. The molecule has 0 spiro atoms. The minimum atomic E-state index is 0.402. The molecular weight excluding hydrogens is 282 g/mol. The average Bonchev–Trinajstić information content (AvgIpc) is 2.26. The lowest BCUT2D eigenvalue weighted by molar-refractivity contribution is 0.642. The molecule has 0 saturated heterocycles. The molecular formula is C13H18BrNS. The molecule has 0 radical (unpaired) electrons. The highest BCUT2D eigenvalue weighted by Crippen LogP contribution is 2.22. The van der Waals surface area contributed by atoms with Gasteiger partial charge in [-0.25, -0.2) is 0 Å². The molecule has 1 unspecified atom stereocenters. The van der Waals surface area contributed by atoms with E-state index in [2.05, 4.69) is 65.9 Å². The standard InChI is InChI=1S/C13H18BrNS/c1-4-15-13(10(2)3)9-16-12-7-5-11(14)6-8-12/h5-8,13,15H,2,4,9H2,1,3H3. The number of halogens is 1. The Bertz CT molecular complexity index is 334. The Morgan fingerprint density at radius 1 is 1.44 bits per heavy atom. The normalized spacial score (nSPS) is 12.4. The summed E-state index contributed by atoms with van der Waals surface area (Å²) in [5, 5.41) is 3.43. The fourth-order valence-electron chi connectivity index (χ4n) is 1.33. The van der Waals surface area contributed by atoms with E-state index < -0.39 is 0 Å². The highest BCUT2D eigenvalue weighted by molar-refractivity contribution is 9.10. The second kappa shape index (κ2) is 7.15. The number of benzene rings is 1. The van der Waals surface area contributed by atoms with Gasteiger partial charge >= 0.3 is 0 Å². The second-order valence-electron chi connectivity index (χ2n) is 3.72. The van der Waals surface area contributed by atoms with E-state index in [1.807, 2.05) is 11.8 Å². The van der Waals surface area contributed by atoms with E-state index in [4.69, 9.17) is 0 Å². The van der Waals surface area contributed by atoms with Crippen molar-refractivity contribution >= 4 is 27.7 Å². The molecule has 0 aromatic heterocycles. The van der Waals surface area contributed by atoms with Crippen LogP contribution in [0.5, 0.6) is 0 Å².